The van der Waals surface area contributed by atoms with Gasteiger partial charge in [0.25, 0.3) is 0 Å². The molecule has 0 aromatic heterocycles. The lowest BCUT2D eigenvalue weighted by molar-refractivity contribution is -0.141. The maximum atomic E-state index is 13.3. The van der Waals surface area contributed by atoms with Crippen molar-refractivity contribution in [3.05, 3.63) is 29.8 Å². The zero-order valence-electron chi connectivity index (χ0n) is 19.3. The number of likely N-dealkylation sites (tertiary alicyclic amines) is 3. The van der Waals surface area contributed by atoms with Crippen LogP contribution in [0.4, 0.5) is 0 Å². The number of nitrogens with one attached hydrogen (secondary N) is 1. The summed E-state index contributed by atoms with van der Waals surface area (Å²) < 4.78 is 26.7. The van der Waals surface area contributed by atoms with E-state index in [0.29, 0.717) is 18.9 Å². The van der Waals surface area contributed by atoms with Crippen LogP contribution >= 0.6 is 0 Å². The topological polar surface area (TPSA) is 140 Å². The average Bonchev–Trinajstić information content (AvgIpc) is 3.15. The van der Waals surface area contributed by atoms with Gasteiger partial charge >= 0.3 is 0 Å². The zero-order valence-corrected chi connectivity index (χ0v) is 20.1. The number of nitriles is 1. The summed E-state index contributed by atoms with van der Waals surface area (Å²) in [5.41, 5.74) is 7.03. The van der Waals surface area contributed by atoms with Gasteiger partial charge in [-0.15, -0.1) is 0 Å². The molecule has 1 aliphatic carbocycles. The van der Waals surface area contributed by atoms with Crippen LogP contribution in [0.2, 0.25) is 0 Å². The molecule has 3 aliphatic heterocycles. The molecule has 3 heterocycles. The molecule has 3 N–H and O–H groups in total. The van der Waals surface area contributed by atoms with E-state index in [1.165, 1.54) is 13.1 Å². The Balaban J connectivity index is 1.25. The Morgan fingerprint density at radius 1 is 1.32 bits per heavy atom. The molecule has 7 atom stereocenters. The monoisotopic (exact) mass is 486 g/mol. The SMILES string of the molecule is CNS(=O)(=O)c1cccc([C@@H](C)N2C(=O)[C@H]3CC2CN3C[C@H](N)C(=O)N2[C@H](C#N)C[C@@H]3C[C@@H]32)c1. The van der Waals surface area contributed by atoms with Crippen molar-refractivity contribution < 1.29 is 18.0 Å². The zero-order chi connectivity index (χ0) is 24.4. The van der Waals surface area contributed by atoms with E-state index in [1.54, 1.807) is 17.0 Å². The number of hydrogen-bond donors (Lipinski definition) is 2. The highest BCUT2D eigenvalue weighted by Gasteiger charge is 2.56. The third kappa shape index (κ3) is 3.69. The van der Waals surface area contributed by atoms with Gasteiger partial charge in [-0.25, -0.2) is 13.1 Å². The largest absolute Gasteiger partial charge is 0.330 e. The van der Waals surface area contributed by atoms with E-state index in [0.717, 1.165) is 18.4 Å². The maximum Gasteiger partial charge on any atom is 0.242 e. The van der Waals surface area contributed by atoms with E-state index < -0.39 is 22.1 Å². The standard InChI is InChI=1S/C23H30N6O4S/c1-13(14-4-3-5-18(7-14)34(32,33)26-2)28-17-9-21(23(28)31)27(11-17)12-19(25)22(30)29-16(10-24)6-15-8-20(15)29/h3-5,7,13,15-17,19-21,26H,6,8-9,11-12,25H2,1-2H3/t13-,15-,16+,17?,19+,20+,21-/m1/s1. The minimum atomic E-state index is -3.58. The summed E-state index contributed by atoms with van der Waals surface area (Å²) >= 11 is 0. The second-order valence-corrected chi connectivity index (χ2v) is 11.7. The van der Waals surface area contributed by atoms with Crippen LogP contribution in [0.1, 0.15) is 37.8 Å². The van der Waals surface area contributed by atoms with Crippen molar-refractivity contribution in [3.63, 3.8) is 0 Å². The maximum absolute atomic E-state index is 13.3. The Labute approximate surface area is 199 Å². The van der Waals surface area contributed by atoms with Crippen molar-refractivity contribution >= 4 is 21.8 Å². The van der Waals surface area contributed by atoms with Crippen molar-refractivity contribution in [2.24, 2.45) is 11.7 Å². The number of carbonyl (C=O) groups excluding carboxylic acids is 2. The second kappa shape index (κ2) is 8.30. The third-order valence-electron chi connectivity index (χ3n) is 7.91. The number of piperazine rings is 1. The van der Waals surface area contributed by atoms with E-state index in [2.05, 4.69) is 10.8 Å². The van der Waals surface area contributed by atoms with Crippen LogP contribution in [0, 0.1) is 17.2 Å². The number of benzene rings is 1. The van der Waals surface area contributed by atoms with Gasteiger partial charge in [0.15, 0.2) is 0 Å². The lowest BCUT2D eigenvalue weighted by atomic mass is 10.1. The van der Waals surface area contributed by atoms with Crippen molar-refractivity contribution in [2.45, 2.75) is 67.3 Å². The molecule has 3 saturated heterocycles. The van der Waals surface area contributed by atoms with E-state index in [-0.39, 0.29) is 47.4 Å². The summed E-state index contributed by atoms with van der Waals surface area (Å²) in [5, 5.41) is 9.38. The highest BCUT2D eigenvalue weighted by Crippen LogP contribution is 2.48. The van der Waals surface area contributed by atoms with Gasteiger partial charge in [0.05, 0.1) is 29.1 Å². The fourth-order valence-corrected chi connectivity index (χ4v) is 6.81. The molecule has 1 saturated carbocycles. The summed E-state index contributed by atoms with van der Waals surface area (Å²) in [6, 6.07) is 7.23. The minimum absolute atomic E-state index is 0.0224. The number of nitrogens with zero attached hydrogens (tertiary/aromatic N) is 4. The number of sulfonamides is 1. The van der Waals surface area contributed by atoms with Crippen LogP contribution in [-0.2, 0) is 19.6 Å². The Morgan fingerprint density at radius 3 is 2.76 bits per heavy atom. The van der Waals surface area contributed by atoms with Crippen molar-refractivity contribution in [1.82, 2.24) is 19.4 Å². The van der Waals surface area contributed by atoms with E-state index in [1.807, 2.05) is 22.8 Å². The van der Waals surface area contributed by atoms with Crippen molar-refractivity contribution in [1.29, 1.82) is 5.26 Å². The summed E-state index contributed by atoms with van der Waals surface area (Å²) in [6.45, 7) is 2.81. The lowest BCUT2D eigenvalue weighted by Gasteiger charge is -2.38. The molecule has 0 radical (unpaired) electrons. The first kappa shape index (κ1) is 23.2. The summed E-state index contributed by atoms with van der Waals surface area (Å²) in [6.07, 6.45) is 2.34. The Hall–Kier alpha value is -2.52. The molecule has 4 aliphatic rings. The quantitative estimate of drug-likeness (QED) is 0.543. The summed E-state index contributed by atoms with van der Waals surface area (Å²) in [4.78, 5) is 31.9. The molecule has 182 valence electrons. The van der Waals surface area contributed by atoms with Gasteiger partial charge < -0.3 is 15.5 Å². The molecular formula is C23H30N6O4S. The summed E-state index contributed by atoms with van der Waals surface area (Å²) in [7, 11) is -2.21. The van der Waals surface area contributed by atoms with Crippen LogP contribution < -0.4 is 10.5 Å². The molecule has 1 aromatic carbocycles. The van der Waals surface area contributed by atoms with Gasteiger partial charge in [-0.05, 0) is 56.8 Å². The van der Waals surface area contributed by atoms with E-state index >= 15 is 0 Å². The van der Waals surface area contributed by atoms with Gasteiger partial charge in [0.1, 0.15) is 6.04 Å². The van der Waals surface area contributed by atoms with Crippen LogP contribution in [0.25, 0.3) is 0 Å². The first-order valence-electron chi connectivity index (χ1n) is 11.7. The first-order chi connectivity index (χ1) is 16.2. The highest BCUT2D eigenvalue weighted by molar-refractivity contribution is 7.89. The molecule has 2 amide bonds. The van der Waals surface area contributed by atoms with Gasteiger partial charge in [-0.3, -0.25) is 14.5 Å². The molecule has 5 rings (SSSR count). The highest BCUT2D eigenvalue weighted by atomic mass is 32.2. The van der Waals surface area contributed by atoms with Gasteiger partial charge in [0, 0.05) is 25.2 Å². The van der Waals surface area contributed by atoms with Crippen LogP contribution in [0.5, 0.6) is 0 Å². The van der Waals surface area contributed by atoms with Gasteiger partial charge in [-0.2, -0.15) is 5.26 Å². The fourth-order valence-electron chi connectivity index (χ4n) is 6.03. The van der Waals surface area contributed by atoms with Crippen molar-refractivity contribution in [2.75, 3.05) is 20.1 Å². The molecule has 0 spiro atoms. The second-order valence-electron chi connectivity index (χ2n) is 9.86. The molecule has 34 heavy (non-hydrogen) atoms. The Bertz CT molecular complexity index is 1170. The normalized spacial score (nSPS) is 31.9. The number of amides is 2. The number of fused-ring (bicyclic) bond motifs is 3. The molecule has 10 nitrogen and oxygen atoms in total. The third-order valence-corrected chi connectivity index (χ3v) is 9.32. The molecule has 1 unspecified atom stereocenters. The molecule has 1 aromatic rings. The van der Waals surface area contributed by atoms with E-state index in [4.69, 9.17) is 5.73 Å². The predicted octanol–water partition coefficient (Wildman–Crippen LogP) is -0.219. The number of piperidine rings is 1. The average molecular weight is 487 g/mol. The molecule has 2 bridgehead atoms. The Kier molecular flexibility index (Phi) is 5.67. The lowest BCUT2D eigenvalue weighted by Crippen LogP contribution is -2.57. The number of rotatable bonds is 7. The van der Waals surface area contributed by atoms with Crippen LogP contribution in [0.3, 0.4) is 0 Å². The summed E-state index contributed by atoms with van der Waals surface area (Å²) in [5.74, 6) is 0.213. The minimum Gasteiger partial charge on any atom is -0.330 e. The molecular weight excluding hydrogens is 456 g/mol. The predicted molar refractivity (Wildman–Crippen MR) is 122 cm³/mol. The van der Waals surface area contributed by atoms with Crippen LogP contribution in [0.15, 0.2) is 29.2 Å². The number of hydrogen-bond acceptors (Lipinski definition) is 7. The number of carbonyl (C=O) groups is 2. The number of nitrogens with two attached hydrogens (primary N) is 1. The molecule has 4 fully saturated rings. The van der Waals surface area contributed by atoms with Crippen molar-refractivity contribution in [3.8, 4) is 6.07 Å². The van der Waals surface area contributed by atoms with Gasteiger partial charge in [0.2, 0.25) is 21.8 Å². The van der Waals surface area contributed by atoms with Crippen LogP contribution in [-0.4, -0.2) is 85.3 Å². The van der Waals surface area contributed by atoms with Gasteiger partial charge in [-0.1, -0.05) is 12.1 Å². The fraction of sp³-hybridized carbons (Fsp3) is 0.609. The Morgan fingerprint density at radius 2 is 2.09 bits per heavy atom. The first-order valence-corrected chi connectivity index (χ1v) is 13.2. The van der Waals surface area contributed by atoms with E-state index in [9.17, 15) is 23.3 Å². The smallest absolute Gasteiger partial charge is 0.242 e. The molecule has 11 heteroatoms.